The highest BCUT2D eigenvalue weighted by Crippen LogP contribution is 2.40. The predicted molar refractivity (Wildman–Crippen MR) is 138 cm³/mol. The molecule has 0 saturated carbocycles. The van der Waals surface area contributed by atoms with Crippen LogP contribution in [0.25, 0.3) is 0 Å². The van der Waals surface area contributed by atoms with E-state index in [1.165, 1.54) is 22.2 Å². The van der Waals surface area contributed by atoms with Crippen molar-refractivity contribution >= 4 is 56.1 Å². The summed E-state index contributed by atoms with van der Waals surface area (Å²) in [5, 5.41) is 5.32. The van der Waals surface area contributed by atoms with Gasteiger partial charge < -0.3 is 10.2 Å². The normalized spacial score (nSPS) is 17.7. The molecule has 2 aliphatic heterocycles. The van der Waals surface area contributed by atoms with Crippen molar-refractivity contribution in [2.75, 3.05) is 43.3 Å². The number of benzene rings is 2. The summed E-state index contributed by atoms with van der Waals surface area (Å²) >= 11 is 14.1. The molecule has 2 aliphatic rings. The maximum atomic E-state index is 14.8. The van der Waals surface area contributed by atoms with Crippen molar-refractivity contribution < 1.29 is 12.8 Å². The molecule has 0 unspecified atom stereocenters. The van der Waals surface area contributed by atoms with Gasteiger partial charge >= 0.3 is 0 Å². The Kier molecular flexibility index (Phi) is 6.71. The molecule has 0 radical (unpaired) electrons. The molecule has 3 aromatic rings. The summed E-state index contributed by atoms with van der Waals surface area (Å²) in [7, 11) is -2.04. The second kappa shape index (κ2) is 9.49. The molecule has 1 spiro atoms. The molecule has 0 aliphatic carbocycles. The van der Waals surface area contributed by atoms with E-state index in [4.69, 9.17) is 23.2 Å². The summed E-state index contributed by atoms with van der Waals surface area (Å²) in [5.74, 6) is -0.799. The minimum atomic E-state index is -4.18. The van der Waals surface area contributed by atoms with Gasteiger partial charge in [0.15, 0.2) is 5.82 Å². The molecule has 35 heavy (non-hydrogen) atoms. The number of hydrogen-bond donors (Lipinski definition) is 2. The maximum absolute atomic E-state index is 14.8. The number of rotatable bonds is 8. The number of thiazole rings is 1. The van der Waals surface area contributed by atoms with Crippen LogP contribution in [0.2, 0.25) is 10.0 Å². The van der Waals surface area contributed by atoms with Crippen LogP contribution >= 0.6 is 34.5 Å². The lowest BCUT2D eigenvalue weighted by molar-refractivity contribution is -0.108. The summed E-state index contributed by atoms with van der Waals surface area (Å²) < 4.78 is 42.3. The molecular formula is C23H24Cl2FN5O2S2. The topological polar surface area (TPSA) is 77.6 Å². The molecule has 1 aromatic heterocycles. The fourth-order valence-electron chi connectivity index (χ4n) is 5.01. The first-order chi connectivity index (χ1) is 16.6. The zero-order chi connectivity index (χ0) is 24.8. The number of halogens is 3. The molecule has 0 amide bonds. The van der Waals surface area contributed by atoms with E-state index in [-0.39, 0.29) is 16.5 Å². The van der Waals surface area contributed by atoms with Gasteiger partial charge in [0.25, 0.3) is 10.0 Å². The number of likely N-dealkylation sites (tertiary alicyclic amines) is 2. The molecule has 0 atom stereocenters. The summed E-state index contributed by atoms with van der Waals surface area (Å²) in [6.45, 7) is 5.52. The average Bonchev–Trinajstić information content (AvgIpc) is 3.25. The lowest BCUT2D eigenvalue weighted by Gasteiger charge is -2.59. The second-order valence-corrected chi connectivity index (χ2v) is 12.5. The zero-order valence-corrected chi connectivity index (χ0v) is 22.0. The fraction of sp³-hybridized carbons (Fsp3) is 0.348. The van der Waals surface area contributed by atoms with Gasteiger partial charge in [-0.25, -0.2) is 17.8 Å². The first kappa shape index (κ1) is 24.7. The van der Waals surface area contributed by atoms with Gasteiger partial charge in [-0.2, -0.15) is 0 Å². The summed E-state index contributed by atoms with van der Waals surface area (Å²) in [6.07, 6.45) is 0. The molecule has 186 valence electrons. The average molecular weight is 557 g/mol. The van der Waals surface area contributed by atoms with Crippen LogP contribution in [0.15, 0.2) is 46.1 Å². The quantitative estimate of drug-likeness (QED) is 0.417. The number of sulfonamides is 1. The van der Waals surface area contributed by atoms with Gasteiger partial charge in [0.05, 0.1) is 16.2 Å². The third kappa shape index (κ3) is 5.14. The van der Waals surface area contributed by atoms with Gasteiger partial charge in [-0.15, -0.1) is 11.3 Å². The molecular weight excluding hydrogens is 532 g/mol. The van der Waals surface area contributed by atoms with Gasteiger partial charge in [0.1, 0.15) is 10.7 Å². The molecule has 12 heteroatoms. The standard InChI is InChI=1S/C23H24Cl2FN5O2S2/c1-30-10-23(11-30)12-31(13-23)8-15-3-2-4-17(24)16(15)7-27-20-6-19(26)21(5-18(20)25)35(32,33)29-22-9-34-14-28-22/h2-6,9,14,27,29H,7-8,10-13H2,1H3. The van der Waals surface area contributed by atoms with Crippen LogP contribution in [0, 0.1) is 11.2 Å². The van der Waals surface area contributed by atoms with Gasteiger partial charge in [-0.3, -0.25) is 9.62 Å². The highest BCUT2D eigenvalue weighted by atomic mass is 35.5. The first-order valence-corrected chi connectivity index (χ1v) is 14.1. The van der Waals surface area contributed by atoms with Crippen LogP contribution < -0.4 is 10.0 Å². The Hall–Kier alpha value is -1.95. The Bertz CT molecular complexity index is 1340. The van der Waals surface area contributed by atoms with E-state index in [0.717, 1.165) is 56.0 Å². The summed E-state index contributed by atoms with van der Waals surface area (Å²) in [6, 6.07) is 7.97. The van der Waals surface area contributed by atoms with E-state index in [1.54, 1.807) is 0 Å². The van der Waals surface area contributed by atoms with Gasteiger partial charge in [-0.05, 0) is 36.4 Å². The SMILES string of the molecule is CN1CC2(C1)CN(Cc1cccc(Cl)c1CNc1cc(F)c(S(=O)(=O)Nc3cscn3)cc1Cl)C2. The van der Waals surface area contributed by atoms with Crippen molar-refractivity contribution in [1.29, 1.82) is 0 Å². The van der Waals surface area contributed by atoms with Crippen molar-refractivity contribution in [2.45, 2.75) is 18.0 Å². The van der Waals surface area contributed by atoms with Crippen LogP contribution in [0.1, 0.15) is 11.1 Å². The van der Waals surface area contributed by atoms with Crippen LogP contribution in [0.3, 0.4) is 0 Å². The van der Waals surface area contributed by atoms with E-state index in [2.05, 4.69) is 31.9 Å². The van der Waals surface area contributed by atoms with Crippen LogP contribution in [0.5, 0.6) is 0 Å². The smallest absolute Gasteiger partial charge is 0.266 e. The van der Waals surface area contributed by atoms with E-state index >= 15 is 0 Å². The minimum absolute atomic E-state index is 0.0810. The van der Waals surface area contributed by atoms with E-state index in [1.807, 2.05) is 18.2 Å². The van der Waals surface area contributed by atoms with E-state index in [0.29, 0.717) is 17.0 Å². The van der Waals surface area contributed by atoms with Crippen molar-refractivity contribution in [3.8, 4) is 0 Å². The molecule has 0 bridgehead atoms. The number of nitrogens with zero attached hydrogens (tertiary/aromatic N) is 3. The Balaban J connectivity index is 1.29. The number of hydrogen-bond acceptors (Lipinski definition) is 7. The molecule has 2 fully saturated rings. The number of nitrogens with one attached hydrogen (secondary N) is 2. The van der Waals surface area contributed by atoms with Crippen LogP contribution in [0.4, 0.5) is 15.9 Å². The fourth-order valence-corrected chi connectivity index (χ4v) is 7.21. The van der Waals surface area contributed by atoms with E-state index in [9.17, 15) is 12.8 Å². The van der Waals surface area contributed by atoms with E-state index < -0.39 is 20.7 Å². The predicted octanol–water partition coefficient (Wildman–Crippen LogP) is 4.75. The highest BCUT2D eigenvalue weighted by molar-refractivity contribution is 7.92. The highest BCUT2D eigenvalue weighted by Gasteiger charge is 2.50. The Morgan fingerprint density at radius 2 is 1.94 bits per heavy atom. The van der Waals surface area contributed by atoms with Gasteiger partial charge in [0, 0.05) is 55.1 Å². The third-order valence-corrected chi connectivity index (χ3v) is 9.00. The maximum Gasteiger partial charge on any atom is 0.266 e. The Morgan fingerprint density at radius 3 is 2.63 bits per heavy atom. The lowest BCUT2D eigenvalue weighted by atomic mass is 9.73. The first-order valence-electron chi connectivity index (χ1n) is 11.0. The Morgan fingerprint density at radius 1 is 1.17 bits per heavy atom. The molecule has 7 nitrogen and oxygen atoms in total. The van der Waals surface area contributed by atoms with Gasteiger partial charge in [0.2, 0.25) is 0 Å². The van der Waals surface area contributed by atoms with Crippen molar-refractivity contribution in [3.63, 3.8) is 0 Å². The molecule has 2 aromatic carbocycles. The zero-order valence-electron chi connectivity index (χ0n) is 18.9. The largest absolute Gasteiger partial charge is 0.380 e. The second-order valence-electron chi connectivity index (χ2n) is 9.29. The van der Waals surface area contributed by atoms with Crippen molar-refractivity contribution in [1.82, 2.24) is 14.8 Å². The van der Waals surface area contributed by atoms with Crippen molar-refractivity contribution in [3.05, 3.63) is 68.2 Å². The molecule has 2 saturated heterocycles. The Labute approximate surface area is 217 Å². The number of anilines is 2. The molecule has 2 N–H and O–H groups in total. The monoisotopic (exact) mass is 555 g/mol. The number of aromatic nitrogens is 1. The van der Waals surface area contributed by atoms with Crippen molar-refractivity contribution in [2.24, 2.45) is 5.41 Å². The summed E-state index contributed by atoms with van der Waals surface area (Å²) in [5.41, 5.74) is 4.19. The minimum Gasteiger partial charge on any atom is -0.380 e. The lowest BCUT2D eigenvalue weighted by Crippen LogP contribution is -2.70. The molecule has 3 heterocycles. The van der Waals surface area contributed by atoms with Crippen LogP contribution in [-0.4, -0.2) is 56.4 Å². The summed E-state index contributed by atoms with van der Waals surface area (Å²) in [4.78, 5) is 8.06. The van der Waals surface area contributed by atoms with Crippen LogP contribution in [-0.2, 0) is 23.1 Å². The third-order valence-electron chi connectivity index (χ3n) is 6.38. The van der Waals surface area contributed by atoms with Gasteiger partial charge in [-0.1, -0.05) is 35.3 Å². The molecule has 5 rings (SSSR count).